The van der Waals surface area contributed by atoms with Gasteiger partial charge in [-0.2, -0.15) is 0 Å². The Bertz CT molecular complexity index is 716. The van der Waals surface area contributed by atoms with E-state index in [1.807, 2.05) is 37.3 Å². The number of hydrazine groups is 1. The minimum Gasteiger partial charge on any atom is -0.271 e. The number of hydrogen-bond acceptors (Lipinski definition) is 4. The summed E-state index contributed by atoms with van der Waals surface area (Å²) >= 11 is 7.84. The van der Waals surface area contributed by atoms with Gasteiger partial charge in [0.15, 0.2) is 0 Å². The summed E-state index contributed by atoms with van der Waals surface area (Å²) in [6.45, 7) is 2.03. The number of halogens is 1. The summed E-state index contributed by atoms with van der Waals surface area (Å²) in [7, 11) is 0. The average molecular weight is 318 g/mol. The first-order valence-corrected chi connectivity index (χ1v) is 7.93. The van der Waals surface area contributed by atoms with Crippen molar-refractivity contribution in [2.24, 2.45) is 5.84 Å². The first-order chi connectivity index (χ1) is 10.2. The Morgan fingerprint density at radius 2 is 2.10 bits per heavy atom. The Labute approximate surface area is 132 Å². The number of rotatable bonds is 4. The third kappa shape index (κ3) is 3.24. The fourth-order valence-electron chi connectivity index (χ4n) is 2.42. The van der Waals surface area contributed by atoms with Crippen LogP contribution >= 0.6 is 22.9 Å². The average Bonchev–Trinajstić information content (AvgIpc) is 2.86. The predicted molar refractivity (Wildman–Crippen MR) is 89.6 cm³/mol. The van der Waals surface area contributed by atoms with Gasteiger partial charge in [0.05, 0.1) is 21.3 Å². The number of benzene rings is 2. The number of nitrogens with two attached hydrogens (primary N) is 1. The molecular weight excluding hydrogens is 302 g/mol. The Hall–Kier alpha value is -1.46. The summed E-state index contributed by atoms with van der Waals surface area (Å²) in [4.78, 5) is 4.66. The summed E-state index contributed by atoms with van der Waals surface area (Å²) in [5.74, 6) is 5.73. The zero-order valence-corrected chi connectivity index (χ0v) is 13.2. The van der Waals surface area contributed by atoms with Gasteiger partial charge in [-0.1, -0.05) is 29.8 Å². The molecule has 1 atom stereocenters. The first kappa shape index (κ1) is 14.5. The Balaban J connectivity index is 1.89. The molecule has 0 saturated heterocycles. The number of aryl methyl sites for hydroxylation is 1. The highest BCUT2D eigenvalue weighted by Crippen LogP contribution is 2.27. The van der Waals surface area contributed by atoms with Gasteiger partial charge < -0.3 is 0 Å². The third-order valence-electron chi connectivity index (χ3n) is 3.38. The summed E-state index contributed by atoms with van der Waals surface area (Å²) in [5, 5.41) is 1.80. The van der Waals surface area contributed by atoms with Crippen LogP contribution in [0.1, 0.15) is 22.2 Å². The summed E-state index contributed by atoms with van der Waals surface area (Å²) in [6.07, 6.45) is 0.746. The maximum Gasteiger partial charge on any atom is 0.0958 e. The van der Waals surface area contributed by atoms with E-state index in [0.29, 0.717) is 0 Å². The van der Waals surface area contributed by atoms with Crippen molar-refractivity contribution in [2.45, 2.75) is 19.4 Å². The van der Waals surface area contributed by atoms with Crippen LogP contribution < -0.4 is 11.3 Å². The van der Waals surface area contributed by atoms with Crippen molar-refractivity contribution >= 4 is 33.2 Å². The largest absolute Gasteiger partial charge is 0.271 e. The fraction of sp³-hybridized carbons (Fsp3) is 0.188. The van der Waals surface area contributed by atoms with E-state index < -0.39 is 0 Å². The minimum absolute atomic E-state index is 0.00274. The second kappa shape index (κ2) is 6.12. The predicted octanol–water partition coefficient (Wildman–Crippen LogP) is 4.01. The Morgan fingerprint density at radius 3 is 2.81 bits per heavy atom. The SMILES string of the molecule is Cc1cc(Cl)cc(C(Cc2nc3ccccc3s2)NN)c1. The topological polar surface area (TPSA) is 50.9 Å². The van der Waals surface area contributed by atoms with Gasteiger partial charge in [0.25, 0.3) is 0 Å². The van der Waals surface area contributed by atoms with Gasteiger partial charge in [0.2, 0.25) is 0 Å². The number of nitrogens with zero attached hydrogens (tertiary/aromatic N) is 1. The number of hydrogen-bond donors (Lipinski definition) is 2. The fourth-order valence-corrected chi connectivity index (χ4v) is 3.73. The molecule has 3 aromatic rings. The number of aromatic nitrogens is 1. The lowest BCUT2D eigenvalue weighted by molar-refractivity contribution is 0.551. The van der Waals surface area contributed by atoms with Gasteiger partial charge in [-0.3, -0.25) is 11.3 Å². The van der Waals surface area contributed by atoms with Crippen molar-refractivity contribution in [3.05, 3.63) is 63.6 Å². The third-order valence-corrected chi connectivity index (χ3v) is 4.66. The summed E-state index contributed by atoms with van der Waals surface area (Å²) < 4.78 is 1.20. The Morgan fingerprint density at radius 1 is 1.29 bits per heavy atom. The molecule has 3 rings (SSSR count). The van der Waals surface area contributed by atoms with Crippen molar-refractivity contribution in [2.75, 3.05) is 0 Å². The van der Waals surface area contributed by atoms with Crippen LogP contribution in [-0.4, -0.2) is 4.98 Å². The van der Waals surface area contributed by atoms with Crippen LogP contribution in [0.4, 0.5) is 0 Å². The standard InChI is InChI=1S/C16H16ClN3S/c1-10-6-11(8-12(17)7-10)14(20-18)9-16-19-13-4-2-3-5-15(13)21-16/h2-8,14,20H,9,18H2,1H3. The van der Waals surface area contributed by atoms with E-state index in [1.54, 1.807) is 11.3 Å². The van der Waals surface area contributed by atoms with Gasteiger partial charge in [-0.05, 0) is 42.3 Å². The summed E-state index contributed by atoms with van der Waals surface area (Å²) in [5.41, 5.74) is 6.12. The van der Waals surface area contributed by atoms with E-state index in [1.165, 1.54) is 4.70 Å². The van der Waals surface area contributed by atoms with Crippen molar-refractivity contribution < 1.29 is 0 Å². The van der Waals surface area contributed by atoms with Crippen LogP contribution in [0.25, 0.3) is 10.2 Å². The highest BCUT2D eigenvalue weighted by molar-refractivity contribution is 7.18. The van der Waals surface area contributed by atoms with Gasteiger partial charge in [0, 0.05) is 11.4 Å². The second-order valence-electron chi connectivity index (χ2n) is 5.06. The van der Waals surface area contributed by atoms with E-state index in [4.69, 9.17) is 17.4 Å². The maximum absolute atomic E-state index is 6.14. The number of fused-ring (bicyclic) bond motifs is 1. The van der Waals surface area contributed by atoms with Gasteiger partial charge >= 0.3 is 0 Å². The lowest BCUT2D eigenvalue weighted by Gasteiger charge is -2.16. The smallest absolute Gasteiger partial charge is 0.0958 e. The molecule has 3 nitrogen and oxygen atoms in total. The van der Waals surface area contributed by atoms with E-state index in [9.17, 15) is 0 Å². The molecule has 5 heteroatoms. The molecule has 0 aliphatic carbocycles. The zero-order valence-electron chi connectivity index (χ0n) is 11.6. The van der Waals surface area contributed by atoms with Crippen LogP contribution in [0.3, 0.4) is 0 Å². The number of thiazole rings is 1. The normalized spacial score (nSPS) is 12.7. The summed E-state index contributed by atoms with van der Waals surface area (Å²) in [6, 6.07) is 14.2. The van der Waals surface area contributed by atoms with E-state index in [-0.39, 0.29) is 6.04 Å². The monoisotopic (exact) mass is 317 g/mol. The lowest BCUT2D eigenvalue weighted by Crippen LogP contribution is -2.29. The van der Waals surface area contributed by atoms with Crippen LogP contribution in [0, 0.1) is 6.92 Å². The number of para-hydroxylation sites is 1. The molecule has 3 N–H and O–H groups in total. The molecule has 0 amide bonds. The van der Waals surface area contributed by atoms with Crippen LogP contribution in [0.5, 0.6) is 0 Å². The molecule has 0 saturated carbocycles. The van der Waals surface area contributed by atoms with Crippen molar-refractivity contribution in [3.63, 3.8) is 0 Å². The number of nitrogens with one attached hydrogen (secondary N) is 1. The molecule has 0 aliphatic heterocycles. The first-order valence-electron chi connectivity index (χ1n) is 6.73. The molecule has 1 heterocycles. The van der Waals surface area contributed by atoms with Crippen molar-refractivity contribution in [1.29, 1.82) is 0 Å². The quantitative estimate of drug-likeness (QED) is 0.565. The molecular formula is C16H16ClN3S. The Kier molecular flexibility index (Phi) is 4.22. The van der Waals surface area contributed by atoms with Crippen molar-refractivity contribution in [3.8, 4) is 0 Å². The van der Waals surface area contributed by atoms with Crippen LogP contribution in [0.2, 0.25) is 5.02 Å². The van der Waals surface area contributed by atoms with Crippen molar-refractivity contribution in [1.82, 2.24) is 10.4 Å². The van der Waals surface area contributed by atoms with E-state index >= 15 is 0 Å². The highest BCUT2D eigenvalue weighted by Gasteiger charge is 2.14. The molecule has 2 aromatic carbocycles. The molecule has 0 radical (unpaired) electrons. The maximum atomic E-state index is 6.14. The van der Waals surface area contributed by atoms with Gasteiger partial charge in [-0.25, -0.2) is 4.98 Å². The molecule has 1 aromatic heterocycles. The molecule has 0 fully saturated rings. The molecule has 0 spiro atoms. The second-order valence-corrected chi connectivity index (χ2v) is 6.61. The molecule has 108 valence electrons. The molecule has 0 aliphatic rings. The van der Waals surface area contributed by atoms with Gasteiger partial charge in [-0.15, -0.1) is 11.3 Å². The zero-order chi connectivity index (χ0) is 14.8. The van der Waals surface area contributed by atoms with E-state index in [2.05, 4.69) is 22.5 Å². The molecule has 21 heavy (non-hydrogen) atoms. The lowest BCUT2D eigenvalue weighted by atomic mass is 10.0. The van der Waals surface area contributed by atoms with Crippen LogP contribution in [-0.2, 0) is 6.42 Å². The van der Waals surface area contributed by atoms with E-state index in [0.717, 1.165) is 33.1 Å². The molecule has 1 unspecified atom stereocenters. The van der Waals surface area contributed by atoms with Gasteiger partial charge in [0.1, 0.15) is 0 Å². The van der Waals surface area contributed by atoms with Crippen LogP contribution in [0.15, 0.2) is 42.5 Å². The minimum atomic E-state index is 0.00274. The molecule has 0 bridgehead atoms. The highest BCUT2D eigenvalue weighted by atomic mass is 35.5.